The largest absolute Gasteiger partial charge is 0.374 e. The SMILES string of the molecule is C#CCNc1ccc2c(c1)S(=O)(=O)NC2. The number of sulfonamides is 1. The summed E-state index contributed by atoms with van der Waals surface area (Å²) < 4.78 is 25.4. The van der Waals surface area contributed by atoms with Crippen LogP contribution in [0.4, 0.5) is 5.69 Å². The molecule has 1 aliphatic heterocycles. The quantitative estimate of drug-likeness (QED) is 0.717. The van der Waals surface area contributed by atoms with E-state index in [0.29, 0.717) is 18.0 Å². The third-order valence-corrected chi connectivity index (χ3v) is 3.69. The third kappa shape index (κ3) is 1.82. The van der Waals surface area contributed by atoms with Gasteiger partial charge in [-0.25, -0.2) is 13.1 Å². The molecule has 2 N–H and O–H groups in total. The first kappa shape index (κ1) is 10.0. The number of rotatable bonds is 2. The molecule has 0 saturated carbocycles. The molecule has 0 aliphatic carbocycles. The van der Waals surface area contributed by atoms with Crippen LogP contribution in [0.5, 0.6) is 0 Å². The minimum Gasteiger partial charge on any atom is -0.374 e. The van der Waals surface area contributed by atoms with Crippen LogP contribution in [-0.2, 0) is 16.6 Å². The Morgan fingerprint density at radius 1 is 1.53 bits per heavy atom. The summed E-state index contributed by atoms with van der Waals surface area (Å²) in [5, 5.41) is 2.93. The lowest BCUT2D eigenvalue weighted by Crippen LogP contribution is -2.13. The molecular weight excluding hydrogens is 212 g/mol. The highest BCUT2D eigenvalue weighted by Gasteiger charge is 2.25. The van der Waals surface area contributed by atoms with Gasteiger partial charge in [0.1, 0.15) is 0 Å². The first-order valence-electron chi connectivity index (χ1n) is 4.43. The normalized spacial score (nSPS) is 16.7. The number of benzene rings is 1. The molecule has 1 aromatic carbocycles. The van der Waals surface area contributed by atoms with E-state index >= 15 is 0 Å². The van der Waals surface area contributed by atoms with Gasteiger partial charge in [0.2, 0.25) is 10.0 Å². The van der Waals surface area contributed by atoms with E-state index in [1.165, 1.54) is 0 Å². The van der Waals surface area contributed by atoms with Gasteiger partial charge in [-0.3, -0.25) is 0 Å². The topological polar surface area (TPSA) is 58.2 Å². The van der Waals surface area contributed by atoms with Crippen molar-refractivity contribution in [1.29, 1.82) is 0 Å². The molecule has 2 rings (SSSR count). The fourth-order valence-corrected chi connectivity index (χ4v) is 2.73. The maximum Gasteiger partial charge on any atom is 0.241 e. The van der Waals surface area contributed by atoms with Crippen LogP contribution in [0.3, 0.4) is 0 Å². The van der Waals surface area contributed by atoms with Crippen molar-refractivity contribution in [3.8, 4) is 12.3 Å². The van der Waals surface area contributed by atoms with Crippen LogP contribution >= 0.6 is 0 Å². The Morgan fingerprint density at radius 2 is 2.33 bits per heavy atom. The molecule has 0 bridgehead atoms. The van der Waals surface area contributed by atoms with Crippen LogP contribution in [0.25, 0.3) is 0 Å². The molecular formula is C10H10N2O2S. The Bertz CT molecular complexity index is 529. The highest BCUT2D eigenvalue weighted by molar-refractivity contribution is 7.89. The van der Waals surface area contributed by atoms with E-state index in [1.807, 2.05) is 6.07 Å². The average Bonchev–Trinajstić information content (AvgIpc) is 2.52. The molecule has 0 amide bonds. The lowest BCUT2D eigenvalue weighted by atomic mass is 10.2. The van der Waals surface area contributed by atoms with Crippen LogP contribution in [0.1, 0.15) is 5.56 Å². The summed E-state index contributed by atoms with van der Waals surface area (Å²) >= 11 is 0. The van der Waals surface area contributed by atoms with Crippen molar-refractivity contribution >= 4 is 15.7 Å². The Morgan fingerprint density at radius 3 is 3.07 bits per heavy atom. The fourth-order valence-electron chi connectivity index (χ4n) is 1.46. The predicted octanol–water partition coefficient (Wildman–Crippen LogP) is 0.524. The van der Waals surface area contributed by atoms with Crippen molar-refractivity contribution in [1.82, 2.24) is 4.72 Å². The van der Waals surface area contributed by atoms with Gasteiger partial charge in [-0.05, 0) is 17.7 Å². The van der Waals surface area contributed by atoms with Gasteiger partial charge in [0.15, 0.2) is 0 Å². The second kappa shape index (κ2) is 3.57. The number of hydrogen-bond acceptors (Lipinski definition) is 3. The second-order valence-electron chi connectivity index (χ2n) is 3.20. The molecule has 0 saturated heterocycles. The summed E-state index contributed by atoms with van der Waals surface area (Å²) in [5.41, 5.74) is 1.51. The Labute approximate surface area is 88.7 Å². The monoisotopic (exact) mass is 222 g/mol. The molecule has 5 heteroatoms. The van der Waals surface area contributed by atoms with Crippen molar-refractivity contribution in [2.24, 2.45) is 0 Å². The molecule has 1 aliphatic rings. The zero-order valence-corrected chi connectivity index (χ0v) is 8.76. The zero-order valence-electron chi connectivity index (χ0n) is 7.95. The Hall–Kier alpha value is -1.51. The van der Waals surface area contributed by atoms with Crippen LogP contribution in [0.15, 0.2) is 23.1 Å². The molecule has 78 valence electrons. The molecule has 4 nitrogen and oxygen atoms in total. The number of hydrogen-bond donors (Lipinski definition) is 2. The lowest BCUT2D eigenvalue weighted by molar-refractivity contribution is 0.589. The fraction of sp³-hybridized carbons (Fsp3) is 0.200. The van der Waals surface area contributed by atoms with Crippen molar-refractivity contribution in [2.45, 2.75) is 11.4 Å². The van der Waals surface area contributed by atoms with Gasteiger partial charge in [-0.1, -0.05) is 12.0 Å². The van der Waals surface area contributed by atoms with Crippen LogP contribution < -0.4 is 10.0 Å². The van der Waals surface area contributed by atoms with Crippen molar-refractivity contribution in [3.05, 3.63) is 23.8 Å². The van der Waals surface area contributed by atoms with Gasteiger partial charge in [0.25, 0.3) is 0 Å². The average molecular weight is 222 g/mol. The van der Waals surface area contributed by atoms with Gasteiger partial charge in [-0.2, -0.15) is 0 Å². The molecule has 0 aromatic heterocycles. The van der Waals surface area contributed by atoms with Crippen molar-refractivity contribution in [2.75, 3.05) is 11.9 Å². The maximum atomic E-state index is 11.5. The van der Waals surface area contributed by atoms with E-state index < -0.39 is 10.0 Å². The first-order valence-corrected chi connectivity index (χ1v) is 5.92. The van der Waals surface area contributed by atoms with E-state index in [2.05, 4.69) is 16.0 Å². The van der Waals surface area contributed by atoms with Gasteiger partial charge in [0, 0.05) is 12.2 Å². The van der Waals surface area contributed by atoms with E-state index in [1.54, 1.807) is 12.1 Å². The number of terminal acetylenes is 1. The summed E-state index contributed by atoms with van der Waals surface area (Å²) in [6.07, 6.45) is 5.10. The standard InChI is InChI=1S/C10H10N2O2S/c1-2-5-11-9-4-3-8-7-12-15(13,14)10(8)6-9/h1,3-4,6,11-12H,5,7H2. The number of anilines is 1. The van der Waals surface area contributed by atoms with E-state index in [4.69, 9.17) is 6.42 Å². The van der Waals surface area contributed by atoms with Crippen molar-refractivity contribution in [3.63, 3.8) is 0 Å². The summed E-state index contributed by atoms with van der Waals surface area (Å²) in [6.45, 7) is 0.749. The summed E-state index contributed by atoms with van der Waals surface area (Å²) in [4.78, 5) is 0.338. The Kier molecular flexibility index (Phi) is 2.39. The second-order valence-corrected chi connectivity index (χ2v) is 4.94. The van der Waals surface area contributed by atoms with E-state index in [-0.39, 0.29) is 0 Å². The molecule has 0 spiro atoms. The minimum atomic E-state index is -3.29. The molecule has 1 heterocycles. The molecule has 15 heavy (non-hydrogen) atoms. The first-order chi connectivity index (χ1) is 7.13. The zero-order chi connectivity index (χ0) is 10.9. The van der Waals surface area contributed by atoms with Crippen molar-refractivity contribution < 1.29 is 8.42 Å². The van der Waals surface area contributed by atoms with Gasteiger partial charge in [0.05, 0.1) is 11.4 Å². The highest BCUT2D eigenvalue weighted by Crippen LogP contribution is 2.25. The van der Waals surface area contributed by atoms with Gasteiger partial charge >= 0.3 is 0 Å². The molecule has 1 aromatic rings. The summed E-state index contributed by atoms with van der Waals surface area (Å²) in [5.74, 6) is 2.43. The molecule has 0 radical (unpaired) electrons. The van der Waals surface area contributed by atoms with Gasteiger partial charge in [-0.15, -0.1) is 6.42 Å². The lowest BCUT2D eigenvalue weighted by Gasteiger charge is -2.04. The Balaban J connectivity index is 2.38. The van der Waals surface area contributed by atoms with Crippen LogP contribution in [0, 0.1) is 12.3 Å². The molecule has 0 fully saturated rings. The van der Waals surface area contributed by atoms with Crippen LogP contribution in [-0.4, -0.2) is 15.0 Å². The van der Waals surface area contributed by atoms with Crippen LogP contribution in [0.2, 0.25) is 0 Å². The number of nitrogens with one attached hydrogen (secondary N) is 2. The molecule has 0 atom stereocenters. The van der Waals surface area contributed by atoms with E-state index in [9.17, 15) is 8.42 Å². The molecule has 0 unspecified atom stereocenters. The number of fused-ring (bicyclic) bond motifs is 1. The van der Waals surface area contributed by atoms with Gasteiger partial charge < -0.3 is 5.32 Å². The minimum absolute atomic E-state index is 0.338. The summed E-state index contributed by atoms with van der Waals surface area (Å²) in [6, 6.07) is 5.20. The van der Waals surface area contributed by atoms with E-state index in [0.717, 1.165) is 11.3 Å². The predicted molar refractivity (Wildman–Crippen MR) is 57.8 cm³/mol. The summed E-state index contributed by atoms with van der Waals surface area (Å²) in [7, 11) is -3.29. The highest BCUT2D eigenvalue weighted by atomic mass is 32.2. The smallest absolute Gasteiger partial charge is 0.241 e. The third-order valence-electron chi connectivity index (χ3n) is 2.20. The maximum absolute atomic E-state index is 11.5.